The lowest BCUT2D eigenvalue weighted by atomic mass is 10.1. The van der Waals surface area contributed by atoms with Gasteiger partial charge < -0.3 is 19.5 Å². The van der Waals surface area contributed by atoms with Crippen molar-refractivity contribution >= 4 is 16.6 Å². The molecule has 4 nitrogen and oxygen atoms in total. The largest absolute Gasteiger partial charge is 0.490 e. The van der Waals surface area contributed by atoms with E-state index >= 15 is 0 Å². The van der Waals surface area contributed by atoms with E-state index in [2.05, 4.69) is 39.2 Å². The van der Waals surface area contributed by atoms with E-state index in [1.165, 1.54) is 10.9 Å². The third-order valence-corrected chi connectivity index (χ3v) is 6.70. The zero-order valence-electron chi connectivity index (χ0n) is 17.9. The lowest BCUT2D eigenvalue weighted by Gasteiger charge is -2.34. The van der Waals surface area contributed by atoms with Crippen molar-refractivity contribution in [3.8, 4) is 5.75 Å². The Kier molecular flexibility index (Phi) is 5.76. The third-order valence-electron chi connectivity index (χ3n) is 6.70. The summed E-state index contributed by atoms with van der Waals surface area (Å²) < 4.78 is 47.1. The fraction of sp³-hybridized carbons (Fsp3) is 0.440. The van der Waals surface area contributed by atoms with Gasteiger partial charge in [-0.15, -0.1) is 0 Å². The molecule has 0 saturated carbocycles. The average molecular weight is 444 g/mol. The third kappa shape index (κ3) is 4.44. The fourth-order valence-electron chi connectivity index (χ4n) is 4.89. The SMILES string of the molecule is FC(F)(F)c1ccc(N2CCC(Oc3ccc4ccn(C5CCNCC5)c4c3)CC2)cc1. The first-order valence-corrected chi connectivity index (χ1v) is 11.4. The van der Waals surface area contributed by atoms with Crippen LogP contribution in [0.3, 0.4) is 0 Å². The maximum absolute atomic E-state index is 12.8. The highest BCUT2D eigenvalue weighted by Gasteiger charge is 2.30. The van der Waals surface area contributed by atoms with Crippen molar-refractivity contribution in [3.05, 3.63) is 60.3 Å². The Balaban J connectivity index is 1.22. The van der Waals surface area contributed by atoms with Crippen LogP contribution in [-0.4, -0.2) is 36.9 Å². The molecule has 3 heterocycles. The standard InChI is InChI=1S/C25H28F3N3O/c26-25(27,28)19-2-4-20(5-3-19)30-14-10-22(11-15-30)32-23-6-1-18-9-16-31(24(18)17-23)21-7-12-29-13-8-21/h1-6,9,16-17,21-22,29H,7-8,10-15H2. The van der Waals surface area contributed by atoms with Crippen LogP contribution in [0.4, 0.5) is 18.9 Å². The summed E-state index contributed by atoms with van der Waals surface area (Å²) in [7, 11) is 0. The second-order valence-electron chi connectivity index (χ2n) is 8.77. The molecule has 0 aliphatic carbocycles. The number of ether oxygens (including phenoxy) is 1. The number of hydrogen-bond donors (Lipinski definition) is 1. The van der Waals surface area contributed by atoms with Gasteiger partial charge >= 0.3 is 6.18 Å². The van der Waals surface area contributed by atoms with Crippen LogP contribution in [-0.2, 0) is 6.18 Å². The number of fused-ring (bicyclic) bond motifs is 1. The van der Waals surface area contributed by atoms with Gasteiger partial charge in [0.25, 0.3) is 0 Å². The Labute approximate surface area is 186 Å². The van der Waals surface area contributed by atoms with Crippen molar-refractivity contribution in [2.75, 3.05) is 31.1 Å². The zero-order valence-corrected chi connectivity index (χ0v) is 17.9. The maximum Gasteiger partial charge on any atom is 0.416 e. The number of aromatic nitrogens is 1. The molecule has 5 rings (SSSR count). The molecular weight excluding hydrogens is 415 g/mol. The Bertz CT molecular complexity index is 1050. The van der Waals surface area contributed by atoms with Gasteiger partial charge in [-0.2, -0.15) is 13.2 Å². The van der Waals surface area contributed by atoms with Crippen molar-refractivity contribution in [3.63, 3.8) is 0 Å². The molecule has 2 fully saturated rings. The Morgan fingerprint density at radius 3 is 2.28 bits per heavy atom. The van der Waals surface area contributed by atoms with Gasteiger partial charge in [-0.05, 0) is 73.8 Å². The molecule has 170 valence electrons. The lowest BCUT2D eigenvalue weighted by Crippen LogP contribution is -2.38. The fourth-order valence-corrected chi connectivity index (χ4v) is 4.89. The van der Waals surface area contributed by atoms with Crippen molar-refractivity contribution < 1.29 is 17.9 Å². The second kappa shape index (κ2) is 8.70. The summed E-state index contributed by atoms with van der Waals surface area (Å²) in [4.78, 5) is 2.13. The van der Waals surface area contributed by atoms with E-state index < -0.39 is 11.7 Å². The number of nitrogens with zero attached hydrogens (tertiary/aromatic N) is 2. The van der Waals surface area contributed by atoms with Gasteiger partial charge in [-0.1, -0.05) is 0 Å². The molecule has 1 N–H and O–H groups in total. The number of nitrogens with one attached hydrogen (secondary N) is 1. The lowest BCUT2D eigenvalue weighted by molar-refractivity contribution is -0.137. The van der Waals surface area contributed by atoms with Gasteiger partial charge in [0.2, 0.25) is 0 Å². The summed E-state index contributed by atoms with van der Waals surface area (Å²) in [6.45, 7) is 3.64. The summed E-state index contributed by atoms with van der Waals surface area (Å²) >= 11 is 0. The minimum Gasteiger partial charge on any atom is -0.490 e. The molecule has 32 heavy (non-hydrogen) atoms. The highest BCUT2D eigenvalue weighted by Crippen LogP contribution is 2.32. The smallest absolute Gasteiger partial charge is 0.416 e. The van der Waals surface area contributed by atoms with Crippen LogP contribution in [0.5, 0.6) is 5.75 Å². The summed E-state index contributed by atoms with van der Waals surface area (Å²) in [5.41, 5.74) is 1.44. The molecule has 2 aromatic carbocycles. The summed E-state index contributed by atoms with van der Waals surface area (Å²) in [6, 6.07) is 14.4. The van der Waals surface area contributed by atoms with Crippen LogP contribution in [0.25, 0.3) is 10.9 Å². The summed E-state index contributed by atoms with van der Waals surface area (Å²) in [6.07, 6.45) is 1.96. The summed E-state index contributed by atoms with van der Waals surface area (Å²) in [5, 5.41) is 4.65. The topological polar surface area (TPSA) is 29.4 Å². The zero-order chi connectivity index (χ0) is 22.1. The van der Waals surface area contributed by atoms with Gasteiger partial charge in [-0.25, -0.2) is 0 Å². The Morgan fingerprint density at radius 1 is 0.875 bits per heavy atom. The van der Waals surface area contributed by atoms with Gasteiger partial charge in [0.15, 0.2) is 0 Å². The minimum absolute atomic E-state index is 0.112. The molecule has 1 aromatic heterocycles. The van der Waals surface area contributed by atoms with E-state index in [0.717, 1.165) is 75.4 Å². The molecule has 0 spiro atoms. The molecule has 2 aliphatic heterocycles. The van der Waals surface area contributed by atoms with Crippen LogP contribution in [0.2, 0.25) is 0 Å². The van der Waals surface area contributed by atoms with Crippen LogP contribution in [0.1, 0.15) is 37.3 Å². The van der Waals surface area contributed by atoms with E-state index in [9.17, 15) is 13.2 Å². The molecule has 0 bridgehead atoms. The van der Waals surface area contributed by atoms with Gasteiger partial charge in [0.1, 0.15) is 11.9 Å². The van der Waals surface area contributed by atoms with E-state index in [1.54, 1.807) is 12.1 Å². The highest BCUT2D eigenvalue weighted by atomic mass is 19.4. The number of halogens is 3. The first kappa shape index (κ1) is 21.2. The van der Waals surface area contributed by atoms with E-state index in [4.69, 9.17) is 4.74 Å². The first-order valence-electron chi connectivity index (χ1n) is 11.4. The predicted molar refractivity (Wildman–Crippen MR) is 120 cm³/mol. The molecule has 0 radical (unpaired) electrons. The second-order valence-corrected chi connectivity index (χ2v) is 8.77. The van der Waals surface area contributed by atoms with Crippen LogP contribution >= 0.6 is 0 Å². The highest BCUT2D eigenvalue weighted by molar-refractivity contribution is 5.81. The molecule has 0 unspecified atom stereocenters. The normalized spacial score (nSPS) is 18.9. The molecule has 2 saturated heterocycles. The van der Waals surface area contributed by atoms with Crippen molar-refractivity contribution in [2.24, 2.45) is 0 Å². The van der Waals surface area contributed by atoms with E-state index in [-0.39, 0.29) is 6.10 Å². The van der Waals surface area contributed by atoms with Gasteiger partial charge in [0.05, 0.1) is 11.1 Å². The predicted octanol–water partition coefficient (Wildman–Crippen LogP) is 5.63. The molecule has 2 aliphatic rings. The number of benzene rings is 2. The first-order chi connectivity index (χ1) is 15.5. The van der Waals surface area contributed by atoms with E-state index in [0.29, 0.717) is 6.04 Å². The number of hydrogen-bond acceptors (Lipinski definition) is 3. The number of alkyl halides is 3. The molecule has 0 atom stereocenters. The van der Waals surface area contributed by atoms with Crippen LogP contribution < -0.4 is 15.0 Å². The van der Waals surface area contributed by atoms with Crippen molar-refractivity contribution in [1.82, 2.24) is 9.88 Å². The quantitative estimate of drug-likeness (QED) is 0.567. The maximum atomic E-state index is 12.8. The number of anilines is 1. The Hall–Kier alpha value is -2.67. The summed E-state index contributed by atoms with van der Waals surface area (Å²) in [5.74, 6) is 0.888. The van der Waals surface area contributed by atoms with E-state index in [1.807, 2.05) is 6.07 Å². The number of piperidine rings is 2. The van der Waals surface area contributed by atoms with Crippen LogP contribution in [0, 0.1) is 0 Å². The van der Waals surface area contributed by atoms with Crippen molar-refractivity contribution in [2.45, 2.75) is 44.0 Å². The Morgan fingerprint density at radius 2 is 1.59 bits per heavy atom. The van der Waals surface area contributed by atoms with Gasteiger partial charge in [0, 0.05) is 49.9 Å². The monoisotopic (exact) mass is 443 g/mol. The molecule has 0 amide bonds. The number of rotatable bonds is 4. The molecule has 3 aromatic rings. The van der Waals surface area contributed by atoms with Crippen molar-refractivity contribution in [1.29, 1.82) is 0 Å². The minimum atomic E-state index is -4.30. The molecular formula is C25H28F3N3O. The van der Waals surface area contributed by atoms with Crippen LogP contribution in [0.15, 0.2) is 54.7 Å². The molecule has 7 heteroatoms. The van der Waals surface area contributed by atoms with Gasteiger partial charge in [-0.3, -0.25) is 0 Å². The average Bonchev–Trinajstić information content (AvgIpc) is 3.23.